The fourth-order valence-electron chi connectivity index (χ4n) is 3.96. The van der Waals surface area contributed by atoms with E-state index >= 15 is 0 Å². The molecule has 1 atom stereocenters. The highest BCUT2D eigenvalue weighted by molar-refractivity contribution is 6.07. The predicted molar refractivity (Wildman–Crippen MR) is 116 cm³/mol. The Morgan fingerprint density at radius 3 is 2.62 bits per heavy atom. The van der Waals surface area contributed by atoms with Crippen LogP contribution in [0.5, 0.6) is 0 Å². The topological polar surface area (TPSA) is 62.2 Å². The maximum absolute atomic E-state index is 13.5. The molecule has 2 aromatic heterocycles. The van der Waals surface area contributed by atoms with Crippen LogP contribution in [0, 0.1) is 6.92 Å². The summed E-state index contributed by atoms with van der Waals surface area (Å²) < 4.78 is 0. The molecule has 1 fully saturated rings. The lowest BCUT2D eigenvalue weighted by molar-refractivity contribution is 0.0637. The Bertz CT molecular complexity index is 1050. The number of piperidine rings is 1. The van der Waals surface area contributed by atoms with Crippen LogP contribution in [0.1, 0.15) is 42.1 Å². The zero-order valence-corrected chi connectivity index (χ0v) is 17.5. The van der Waals surface area contributed by atoms with Crippen molar-refractivity contribution in [3.63, 3.8) is 0 Å². The molecule has 0 spiro atoms. The molecule has 1 aliphatic heterocycles. The largest absolute Gasteiger partial charge is 0.347 e. The number of amides is 1. The first kappa shape index (κ1) is 19.3. The summed E-state index contributed by atoms with van der Waals surface area (Å²) in [7, 11) is 3.81. The number of rotatable bonds is 3. The number of hydrogen-bond acceptors (Lipinski definition) is 5. The first-order valence-electron chi connectivity index (χ1n) is 10.2. The Balaban J connectivity index is 1.85. The van der Waals surface area contributed by atoms with E-state index in [4.69, 9.17) is 4.98 Å². The maximum atomic E-state index is 13.5. The van der Waals surface area contributed by atoms with Crippen LogP contribution in [0.15, 0.2) is 36.7 Å². The van der Waals surface area contributed by atoms with Crippen LogP contribution in [0.25, 0.3) is 22.2 Å². The molecular weight excluding hydrogens is 362 g/mol. The molecule has 6 heteroatoms. The van der Waals surface area contributed by atoms with Gasteiger partial charge in [0.25, 0.3) is 5.91 Å². The number of carbonyl (C=O) groups excluding carboxylic acids is 1. The quantitative estimate of drug-likeness (QED) is 0.675. The number of likely N-dealkylation sites (tertiary alicyclic amines) is 1. The first-order chi connectivity index (χ1) is 14.0. The molecule has 0 radical (unpaired) electrons. The highest BCUT2D eigenvalue weighted by Gasteiger charge is 2.26. The Hall–Kier alpha value is -3.02. The van der Waals surface area contributed by atoms with Crippen molar-refractivity contribution in [1.29, 1.82) is 0 Å². The Morgan fingerprint density at radius 1 is 1.17 bits per heavy atom. The van der Waals surface area contributed by atoms with Gasteiger partial charge < -0.3 is 9.80 Å². The fourth-order valence-corrected chi connectivity index (χ4v) is 3.96. The van der Waals surface area contributed by atoms with E-state index in [-0.39, 0.29) is 11.9 Å². The molecule has 150 valence electrons. The summed E-state index contributed by atoms with van der Waals surface area (Å²) in [6.45, 7) is 4.98. The number of nitrogens with zero attached hydrogens (tertiary/aromatic N) is 5. The average Bonchev–Trinajstić information content (AvgIpc) is 2.73. The van der Waals surface area contributed by atoms with Crippen molar-refractivity contribution in [2.75, 3.05) is 25.5 Å². The lowest BCUT2D eigenvalue weighted by Gasteiger charge is -2.33. The van der Waals surface area contributed by atoms with Crippen LogP contribution in [0.4, 0.5) is 5.95 Å². The number of aryl methyl sites for hydroxylation is 1. The van der Waals surface area contributed by atoms with Gasteiger partial charge in [-0.25, -0.2) is 15.0 Å². The molecule has 3 aromatic rings. The van der Waals surface area contributed by atoms with Gasteiger partial charge in [0.15, 0.2) is 0 Å². The zero-order chi connectivity index (χ0) is 20.5. The van der Waals surface area contributed by atoms with Gasteiger partial charge in [-0.15, -0.1) is 0 Å². The Kier molecular flexibility index (Phi) is 5.18. The van der Waals surface area contributed by atoms with Gasteiger partial charge in [0.05, 0.1) is 16.8 Å². The Labute approximate surface area is 171 Å². The van der Waals surface area contributed by atoms with Crippen LogP contribution < -0.4 is 4.90 Å². The van der Waals surface area contributed by atoms with Crippen molar-refractivity contribution in [2.45, 2.75) is 39.2 Å². The minimum Gasteiger partial charge on any atom is -0.347 e. The van der Waals surface area contributed by atoms with Crippen LogP contribution in [-0.4, -0.2) is 52.4 Å². The summed E-state index contributed by atoms with van der Waals surface area (Å²) in [5, 5.41) is 0.905. The molecule has 0 N–H and O–H groups in total. The molecular formula is C23H27N5O. The smallest absolute Gasteiger partial charge is 0.254 e. The third kappa shape index (κ3) is 3.67. The second-order valence-corrected chi connectivity index (χ2v) is 8.04. The van der Waals surface area contributed by atoms with Crippen molar-refractivity contribution >= 4 is 22.8 Å². The second-order valence-electron chi connectivity index (χ2n) is 8.04. The molecule has 4 rings (SSSR count). The SMILES string of the molecule is Cc1cccc2c(C(=O)N3CCCC[C@@H]3C)cc(-c3cnc(N(C)C)nc3)nc12. The molecule has 0 saturated carbocycles. The molecule has 29 heavy (non-hydrogen) atoms. The van der Waals surface area contributed by atoms with Gasteiger partial charge in [0.1, 0.15) is 0 Å². The van der Waals surface area contributed by atoms with E-state index in [9.17, 15) is 4.79 Å². The van der Waals surface area contributed by atoms with Crippen LogP contribution in [0.2, 0.25) is 0 Å². The van der Waals surface area contributed by atoms with Crippen LogP contribution in [0.3, 0.4) is 0 Å². The number of hydrogen-bond donors (Lipinski definition) is 0. The molecule has 1 saturated heterocycles. The highest BCUT2D eigenvalue weighted by atomic mass is 16.2. The molecule has 0 bridgehead atoms. The van der Waals surface area contributed by atoms with Crippen molar-refractivity contribution in [2.24, 2.45) is 0 Å². The predicted octanol–water partition coefficient (Wildman–Crippen LogP) is 4.08. The van der Waals surface area contributed by atoms with E-state index in [2.05, 4.69) is 16.9 Å². The molecule has 0 aliphatic carbocycles. The minimum atomic E-state index is 0.0854. The molecule has 6 nitrogen and oxygen atoms in total. The number of fused-ring (bicyclic) bond motifs is 1. The lowest BCUT2D eigenvalue weighted by Crippen LogP contribution is -2.42. The van der Waals surface area contributed by atoms with E-state index in [1.807, 2.05) is 55.1 Å². The van der Waals surface area contributed by atoms with Gasteiger partial charge >= 0.3 is 0 Å². The molecule has 0 unspecified atom stereocenters. The second kappa shape index (κ2) is 7.78. The zero-order valence-electron chi connectivity index (χ0n) is 17.5. The molecule has 3 heterocycles. The van der Waals surface area contributed by atoms with Gasteiger partial charge in [-0.1, -0.05) is 18.2 Å². The van der Waals surface area contributed by atoms with Crippen molar-refractivity contribution in [3.05, 3.63) is 47.8 Å². The van der Waals surface area contributed by atoms with Gasteiger partial charge in [-0.3, -0.25) is 4.79 Å². The van der Waals surface area contributed by atoms with Crippen LogP contribution >= 0.6 is 0 Å². The summed E-state index contributed by atoms with van der Waals surface area (Å²) in [6.07, 6.45) is 6.84. The van der Waals surface area contributed by atoms with Gasteiger partial charge in [0, 0.05) is 50.0 Å². The number of carbonyl (C=O) groups is 1. The summed E-state index contributed by atoms with van der Waals surface area (Å²) in [5.41, 5.74) is 4.15. The lowest BCUT2D eigenvalue weighted by atomic mass is 9.98. The van der Waals surface area contributed by atoms with E-state index < -0.39 is 0 Å². The van der Waals surface area contributed by atoms with E-state index in [0.717, 1.165) is 47.1 Å². The van der Waals surface area contributed by atoms with Gasteiger partial charge in [0.2, 0.25) is 5.95 Å². The fraction of sp³-hybridized carbons (Fsp3) is 0.391. The third-order valence-electron chi connectivity index (χ3n) is 5.67. The maximum Gasteiger partial charge on any atom is 0.254 e. The van der Waals surface area contributed by atoms with Crippen molar-refractivity contribution < 1.29 is 4.79 Å². The normalized spacial score (nSPS) is 16.8. The number of aromatic nitrogens is 3. The first-order valence-corrected chi connectivity index (χ1v) is 10.2. The van der Waals surface area contributed by atoms with Crippen molar-refractivity contribution in [3.8, 4) is 11.3 Å². The number of pyridine rings is 1. The van der Waals surface area contributed by atoms with Crippen LogP contribution in [-0.2, 0) is 0 Å². The third-order valence-corrected chi connectivity index (χ3v) is 5.67. The summed E-state index contributed by atoms with van der Waals surface area (Å²) in [4.78, 5) is 31.1. The molecule has 1 aromatic carbocycles. The summed E-state index contributed by atoms with van der Waals surface area (Å²) in [6, 6.07) is 8.18. The van der Waals surface area contributed by atoms with Crippen molar-refractivity contribution in [1.82, 2.24) is 19.9 Å². The number of para-hydroxylation sites is 1. The average molecular weight is 390 g/mol. The number of anilines is 1. The summed E-state index contributed by atoms with van der Waals surface area (Å²) in [5.74, 6) is 0.728. The summed E-state index contributed by atoms with van der Waals surface area (Å²) >= 11 is 0. The van der Waals surface area contributed by atoms with E-state index in [1.165, 1.54) is 6.42 Å². The van der Waals surface area contributed by atoms with E-state index in [0.29, 0.717) is 11.5 Å². The highest BCUT2D eigenvalue weighted by Crippen LogP contribution is 2.29. The minimum absolute atomic E-state index is 0.0854. The monoisotopic (exact) mass is 389 g/mol. The van der Waals surface area contributed by atoms with E-state index in [1.54, 1.807) is 12.4 Å². The molecule has 1 amide bonds. The van der Waals surface area contributed by atoms with Gasteiger partial charge in [-0.2, -0.15) is 0 Å². The standard InChI is InChI=1S/C23H27N5O/c1-15-8-7-10-18-19(22(29)28-11-6-5-9-16(28)2)12-20(26-21(15)18)17-13-24-23(25-14-17)27(3)4/h7-8,10,12-14,16H,5-6,9,11H2,1-4H3/t16-/m0/s1. The number of benzene rings is 1. The van der Waals surface area contributed by atoms with Gasteiger partial charge in [-0.05, 0) is 44.7 Å². The molecule has 1 aliphatic rings. The Morgan fingerprint density at radius 2 is 1.93 bits per heavy atom.